The van der Waals surface area contributed by atoms with Gasteiger partial charge in [0.2, 0.25) is 0 Å². The highest BCUT2D eigenvalue weighted by Gasteiger charge is 2.25. The molecule has 2 atom stereocenters. The van der Waals surface area contributed by atoms with Crippen LogP contribution in [0.1, 0.15) is 18.9 Å². The highest BCUT2D eigenvalue weighted by molar-refractivity contribution is 5.61. The topological polar surface area (TPSA) is 44.7 Å². The summed E-state index contributed by atoms with van der Waals surface area (Å²) in [5.74, 6) is 0.874. The molecule has 2 unspecified atom stereocenters. The number of nitrogens with zero attached hydrogens (tertiary/aromatic N) is 1. The average molecular weight is 264 g/mol. The van der Waals surface area contributed by atoms with E-state index in [4.69, 9.17) is 4.74 Å². The predicted octanol–water partition coefficient (Wildman–Crippen LogP) is 1.55. The molecule has 1 fully saturated rings. The molecule has 1 aromatic carbocycles. The van der Waals surface area contributed by atoms with Crippen LogP contribution in [0.25, 0.3) is 0 Å². The zero-order valence-electron chi connectivity index (χ0n) is 12.0. The molecule has 0 aliphatic carbocycles. The molecule has 1 aliphatic heterocycles. The molecule has 106 valence electrons. The van der Waals surface area contributed by atoms with E-state index >= 15 is 0 Å². The molecule has 19 heavy (non-hydrogen) atoms. The van der Waals surface area contributed by atoms with Crippen molar-refractivity contribution in [3.63, 3.8) is 0 Å². The van der Waals surface area contributed by atoms with Gasteiger partial charge in [0.25, 0.3) is 0 Å². The number of ether oxygens (including phenoxy) is 1. The summed E-state index contributed by atoms with van der Waals surface area (Å²) < 4.78 is 5.47. The van der Waals surface area contributed by atoms with Gasteiger partial charge in [-0.15, -0.1) is 0 Å². The number of anilines is 1. The summed E-state index contributed by atoms with van der Waals surface area (Å²) in [7, 11) is 1.70. The highest BCUT2D eigenvalue weighted by atomic mass is 16.5. The van der Waals surface area contributed by atoms with Gasteiger partial charge in [0.1, 0.15) is 5.75 Å². The number of aliphatic hydroxyl groups is 1. The Morgan fingerprint density at radius 2 is 2.26 bits per heavy atom. The number of rotatable bonds is 3. The molecule has 2 rings (SSSR count). The van der Waals surface area contributed by atoms with E-state index in [1.54, 1.807) is 7.11 Å². The summed E-state index contributed by atoms with van der Waals surface area (Å²) in [5, 5.41) is 13.1. The van der Waals surface area contributed by atoms with Crippen LogP contribution in [0.3, 0.4) is 0 Å². The lowest BCUT2D eigenvalue weighted by molar-refractivity contribution is 0.258. The monoisotopic (exact) mass is 264 g/mol. The van der Waals surface area contributed by atoms with E-state index in [-0.39, 0.29) is 12.6 Å². The van der Waals surface area contributed by atoms with Crippen molar-refractivity contribution < 1.29 is 9.84 Å². The van der Waals surface area contributed by atoms with Gasteiger partial charge in [-0.05, 0) is 38.0 Å². The van der Waals surface area contributed by atoms with Crippen LogP contribution in [0.5, 0.6) is 5.75 Å². The number of methoxy groups -OCH3 is 1. The van der Waals surface area contributed by atoms with Gasteiger partial charge in [0.05, 0.1) is 25.4 Å². The summed E-state index contributed by atoms with van der Waals surface area (Å²) in [6.07, 6.45) is 1.06. The van der Waals surface area contributed by atoms with Crippen molar-refractivity contribution >= 4 is 5.69 Å². The SMILES string of the molecule is COc1ccc(C)cc1N1CCC(C)NCC1CO. The van der Waals surface area contributed by atoms with E-state index in [2.05, 4.69) is 36.2 Å². The van der Waals surface area contributed by atoms with E-state index in [9.17, 15) is 5.11 Å². The second kappa shape index (κ2) is 6.26. The Kier molecular flexibility index (Phi) is 4.66. The Balaban J connectivity index is 2.33. The Morgan fingerprint density at radius 1 is 1.47 bits per heavy atom. The van der Waals surface area contributed by atoms with Gasteiger partial charge in [0.15, 0.2) is 0 Å². The standard InChI is InChI=1S/C15H24N2O2/c1-11-4-5-15(19-3)14(8-11)17-7-6-12(2)16-9-13(17)10-18/h4-5,8,12-13,16,18H,6-7,9-10H2,1-3H3. The van der Waals surface area contributed by atoms with Gasteiger partial charge in [-0.1, -0.05) is 6.07 Å². The third-order valence-electron chi connectivity index (χ3n) is 3.80. The fourth-order valence-electron chi connectivity index (χ4n) is 2.57. The largest absolute Gasteiger partial charge is 0.495 e. The number of aryl methyl sites for hydroxylation is 1. The lowest BCUT2D eigenvalue weighted by Gasteiger charge is -2.31. The molecule has 2 N–H and O–H groups in total. The first-order valence-electron chi connectivity index (χ1n) is 6.91. The number of benzene rings is 1. The number of nitrogens with one attached hydrogen (secondary N) is 1. The van der Waals surface area contributed by atoms with E-state index in [1.165, 1.54) is 5.56 Å². The average Bonchev–Trinajstić information content (AvgIpc) is 2.60. The summed E-state index contributed by atoms with van der Waals surface area (Å²) in [4.78, 5) is 2.27. The quantitative estimate of drug-likeness (QED) is 0.869. The zero-order chi connectivity index (χ0) is 13.8. The number of aliphatic hydroxyl groups excluding tert-OH is 1. The van der Waals surface area contributed by atoms with Gasteiger partial charge < -0.3 is 20.1 Å². The van der Waals surface area contributed by atoms with Crippen LogP contribution in [-0.4, -0.2) is 44.0 Å². The van der Waals surface area contributed by atoms with Crippen LogP contribution < -0.4 is 15.0 Å². The van der Waals surface area contributed by atoms with Crippen molar-refractivity contribution in [1.29, 1.82) is 0 Å². The molecule has 0 bridgehead atoms. The maximum atomic E-state index is 9.64. The molecule has 0 saturated carbocycles. The van der Waals surface area contributed by atoms with Gasteiger partial charge >= 0.3 is 0 Å². The lowest BCUT2D eigenvalue weighted by atomic mass is 10.1. The fourth-order valence-corrected chi connectivity index (χ4v) is 2.57. The fraction of sp³-hybridized carbons (Fsp3) is 0.600. The molecule has 4 nitrogen and oxygen atoms in total. The first-order valence-corrected chi connectivity index (χ1v) is 6.91. The van der Waals surface area contributed by atoms with Crippen molar-refractivity contribution in [2.75, 3.05) is 31.7 Å². The number of hydrogen-bond donors (Lipinski definition) is 2. The van der Waals surface area contributed by atoms with Crippen LogP contribution in [0.4, 0.5) is 5.69 Å². The summed E-state index contributed by atoms with van der Waals surface area (Å²) in [6.45, 7) is 6.14. The van der Waals surface area contributed by atoms with Crippen LogP contribution in [-0.2, 0) is 0 Å². The summed E-state index contributed by atoms with van der Waals surface area (Å²) in [6, 6.07) is 6.77. The van der Waals surface area contributed by atoms with E-state index in [0.29, 0.717) is 6.04 Å². The third kappa shape index (κ3) is 3.19. The molecule has 1 aromatic rings. The minimum absolute atomic E-state index is 0.0978. The maximum absolute atomic E-state index is 9.64. The predicted molar refractivity (Wildman–Crippen MR) is 78.0 cm³/mol. The van der Waals surface area contributed by atoms with Gasteiger partial charge in [-0.2, -0.15) is 0 Å². The highest BCUT2D eigenvalue weighted by Crippen LogP contribution is 2.31. The molecular formula is C15H24N2O2. The van der Waals surface area contributed by atoms with Crippen molar-refractivity contribution in [2.24, 2.45) is 0 Å². The Bertz CT molecular complexity index is 423. The first-order chi connectivity index (χ1) is 9.15. The molecular weight excluding hydrogens is 240 g/mol. The molecule has 0 radical (unpaired) electrons. The van der Waals surface area contributed by atoms with Crippen LogP contribution in [0.2, 0.25) is 0 Å². The van der Waals surface area contributed by atoms with Crippen molar-refractivity contribution in [3.05, 3.63) is 23.8 Å². The van der Waals surface area contributed by atoms with Gasteiger partial charge in [-0.3, -0.25) is 0 Å². The summed E-state index contributed by atoms with van der Waals surface area (Å²) >= 11 is 0. The first kappa shape index (κ1) is 14.2. The van der Waals surface area contributed by atoms with Crippen molar-refractivity contribution in [1.82, 2.24) is 5.32 Å². The van der Waals surface area contributed by atoms with Crippen molar-refractivity contribution in [2.45, 2.75) is 32.4 Å². The molecule has 1 heterocycles. The minimum atomic E-state index is 0.0978. The van der Waals surface area contributed by atoms with Crippen LogP contribution >= 0.6 is 0 Å². The molecule has 0 amide bonds. The normalized spacial score (nSPS) is 24.1. The van der Waals surface area contributed by atoms with E-state index in [1.807, 2.05) is 6.07 Å². The van der Waals surface area contributed by atoms with Crippen LogP contribution in [0.15, 0.2) is 18.2 Å². The number of hydrogen-bond acceptors (Lipinski definition) is 4. The minimum Gasteiger partial charge on any atom is -0.495 e. The maximum Gasteiger partial charge on any atom is 0.142 e. The van der Waals surface area contributed by atoms with E-state index in [0.717, 1.165) is 30.9 Å². The second-order valence-electron chi connectivity index (χ2n) is 5.30. The molecule has 0 spiro atoms. The van der Waals surface area contributed by atoms with Gasteiger partial charge in [-0.25, -0.2) is 0 Å². The molecule has 0 aromatic heterocycles. The van der Waals surface area contributed by atoms with Crippen LogP contribution in [0, 0.1) is 6.92 Å². The Hall–Kier alpha value is -1.26. The summed E-state index contributed by atoms with van der Waals surface area (Å²) in [5.41, 5.74) is 2.29. The van der Waals surface area contributed by atoms with Gasteiger partial charge in [0, 0.05) is 19.1 Å². The molecule has 1 saturated heterocycles. The smallest absolute Gasteiger partial charge is 0.142 e. The lowest BCUT2D eigenvalue weighted by Crippen LogP contribution is -2.43. The third-order valence-corrected chi connectivity index (χ3v) is 3.80. The molecule has 4 heteroatoms. The van der Waals surface area contributed by atoms with Crippen molar-refractivity contribution in [3.8, 4) is 5.75 Å². The Labute approximate surface area is 115 Å². The zero-order valence-corrected chi connectivity index (χ0v) is 12.0. The van der Waals surface area contributed by atoms with E-state index < -0.39 is 0 Å². The Morgan fingerprint density at radius 3 is 2.95 bits per heavy atom. The molecule has 1 aliphatic rings. The second-order valence-corrected chi connectivity index (χ2v) is 5.30.